The number of halogens is 1. The molecule has 0 unspecified atom stereocenters. The molecule has 3 rings (SSSR count). The van der Waals surface area contributed by atoms with Gasteiger partial charge in [-0.25, -0.2) is 14.2 Å². The van der Waals surface area contributed by atoms with Gasteiger partial charge in [0.15, 0.2) is 0 Å². The van der Waals surface area contributed by atoms with E-state index < -0.39 is 17.5 Å². The summed E-state index contributed by atoms with van der Waals surface area (Å²) in [5.74, 6) is -0.0732. The number of benzene rings is 1. The number of hydrogen-bond donors (Lipinski definition) is 2. The summed E-state index contributed by atoms with van der Waals surface area (Å²) in [6.07, 6.45) is 2.55. The Kier molecular flexibility index (Phi) is 3.58. The van der Waals surface area contributed by atoms with Gasteiger partial charge in [0.2, 0.25) is 0 Å². The Hall–Kier alpha value is -2.41. The van der Waals surface area contributed by atoms with Gasteiger partial charge in [0.05, 0.1) is 5.69 Å². The molecule has 1 aliphatic heterocycles. The van der Waals surface area contributed by atoms with Crippen molar-refractivity contribution in [2.75, 3.05) is 13.1 Å². The normalized spacial score (nSPS) is 17.5. The summed E-state index contributed by atoms with van der Waals surface area (Å²) in [7, 11) is 0. The molecule has 0 radical (unpaired) electrons. The van der Waals surface area contributed by atoms with Crippen LogP contribution in [0.5, 0.6) is 0 Å². The van der Waals surface area contributed by atoms with Gasteiger partial charge in [-0.15, -0.1) is 0 Å². The van der Waals surface area contributed by atoms with E-state index in [1.54, 1.807) is 24.4 Å². The highest BCUT2D eigenvalue weighted by atomic mass is 19.1. The van der Waals surface area contributed by atoms with E-state index in [0.717, 1.165) is 0 Å². The zero-order valence-electron chi connectivity index (χ0n) is 11.8. The monoisotopic (exact) mass is 305 g/mol. The van der Waals surface area contributed by atoms with Gasteiger partial charge in [0, 0.05) is 38.3 Å². The average Bonchev–Trinajstić information content (AvgIpc) is 2.98. The van der Waals surface area contributed by atoms with E-state index in [1.165, 1.54) is 21.7 Å². The molecule has 0 aliphatic carbocycles. The van der Waals surface area contributed by atoms with Crippen molar-refractivity contribution in [3.8, 4) is 5.69 Å². The first-order valence-electron chi connectivity index (χ1n) is 7.00. The van der Waals surface area contributed by atoms with E-state index in [-0.39, 0.29) is 25.9 Å². The largest absolute Gasteiger partial charge is 0.465 e. The van der Waals surface area contributed by atoms with Gasteiger partial charge in [-0.3, -0.25) is 4.57 Å². The van der Waals surface area contributed by atoms with E-state index in [9.17, 15) is 14.3 Å². The molecular formula is C15H16FN3O3. The Bertz CT molecular complexity index is 693. The molecule has 1 aromatic heterocycles. The summed E-state index contributed by atoms with van der Waals surface area (Å²) in [4.78, 5) is 16.4. The molecule has 116 valence electrons. The van der Waals surface area contributed by atoms with E-state index in [4.69, 9.17) is 5.11 Å². The molecule has 1 saturated heterocycles. The highest BCUT2D eigenvalue weighted by Gasteiger charge is 2.39. The van der Waals surface area contributed by atoms with Crippen LogP contribution in [0.25, 0.3) is 5.69 Å². The minimum atomic E-state index is -1.27. The highest BCUT2D eigenvalue weighted by molar-refractivity contribution is 5.65. The van der Waals surface area contributed by atoms with Crippen molar-refractivity contribution in [1.29, 1.82) is 0 Å². The van der Waals surface area contributed by atoms with Gasteiger partial charge in [-0.2, -0.15) is 0 Å². The number of para-hydroxylation sites is 1. The molecule has 2 N–H and O–H groups in total. The molecule has 7 heteroatoms. The van der Waals surface area contributed by atoms with Crippen molar-refractivity contribution in [3.05, 3.63) is 48.3 Å². The molecule has 1 fully saturated rings. The van der Waals surface area contributed by atoms with Crippen LogP contribution in [0.1, 0.15) is 18.7 Å². The Morgan fingerprint density at radius 1 is 1.27 bits per heavy atom. The summed E-state index contributed by atoms with van der Waals surface area (Å²) in [6.45, 7) is 0.436. The lowest BCUT2D eigenvalue weighted by molar-refractivity contribution is -0.0294. The number of carboxylic acid groups (broad SMARTS) is 1. The molecule has 0 atom stereocenters. The molecule has 22 heavy (non-hydrogen) atoms. The Balaban J connectivity index is 1.93. The summed E-state index contributed by atoms with van der Waals surface area (Å²) in [5.41, 5.74) is -0.957. The van der Waals surface area contributed by atoms with Crippen LogP contribution in [-0.4, -0.2) is 43.8 Å². The first-order chi connectivity index (χ1) is 10.5. The zero-order chi connectivity index (χ0) is 15.7. The minimum absolute atomic E-state index is 0.218. The quantitative estimate of drug-likeness (QED) is 0.889. The maximum absolute atomic E-state index is 14.0. The van der Waals surface area contributed by atoms with Crippen molar-refractivity contribution >= 4 is 6.09 Å². The Morgan fingerprint density at radius 3 is 2.59 bits per heavy atom. The second kappa shape index (κ2) is 5.42. The number of nitrogens with zero attached hydrogens (tertiary/aromatic N) is 3. The third kappa shape index (κ3) is 2.43. The van der Waals surface area contributed by atoms with Gasteiger partial charge in [0.25, 0.3) is 0 Å². The van der Waals surface area contributed by atoms with Crippen LogP contribution in [0.15, 0.2) is 36.7 Å². The molecule has 2 aromatic rings. The second-order valence-corrected chi connectivity index (χ2v) is 5.37. The fraction of sp³-hybridized carbons (Fsp3) is 0.333. The second-order valence-electron chi connectivity index (χ2n) is 5.37. The molecule has 1 aromatic carbocycles. The van der Waals surface area contributed by atoms with Crippen molar-refractivity contribution in [2.24, 2.45) is 0 Å². The van der Waals surface area contributed by atoms with E-state index in [0.29, 0.717) is 11.5 Å². The van der Waals surface area contributed by atoms with Crippen LogP contribution in [0.4, 0.5) is 9.18 Å². The molecule has 0 bridgehead atoms. The highest BCUT2D eigenvalue weighted by Crippen LogP contribution is 2.33. The van der Waals surface area contributed by atoms with Crippen molar-refractivity contribution in [1.82, 2.24) is 14.5 Å². The van der Waals surface area contributed by atoms with E-state index >= 15 is 0 Å². The maximum Gasteiger partial charge on any atom is 0.407 e. The fourth-order valence-electron chi connectivity index (χ4n) is 2.78. The van der Waals surface area contributed by atoms with Crippen molar-refractivity contribution in [2.45, 2.75) is 18.4 Å². The third-order valence-electron chi connectivity index (χ3n) is 4.03. The van der Waals surface area contributed by atoms with Crippen LogP contribution in [-0.2, 0) is 5.60 Å². The lowest BCUT2D eigenvalue weighted by Crippen LogP contribution is -2.45. The predicted molar refractivity (Wildman–Crippen MR) is 76.3 cm³/mol. The summed E-state index contributed by atoms with van der Waals surface area (Å²) in [6, 6.07) is 6.25. The number of likely N-dealkylation sites (tertiary alicyclic amines) is 1. The number of piperidine rings is 1. The van der Waals surface area contributed by atoms with Gasteiger partial charge in [-0.05, 0) is 12.1 Å². The van der Waals surface area contributed by atoms with Crippen LogP contribution >= 0.6 is 0 Å². The lowest BCUT2D eigenvalue weighted by atomic mass is 9.90. The van der Waals surface area contributed by atoms with E-state index in [2.05, 4.69) is 4.98 Å². The summed E-state index contributed by atoms with van der Waals surface area (Å²) < 4.78 is 15.5. The van der Waals surface area contributed by atoms with Crippen molar-refractivity contribution in [3.63, 3.8) is 0 Å². The van der Waals surface area contributed by atoms with Gasteiger partial charge in [0.1, 0.15) is 17.2 Å². The number of hydrogen-bond acceptors (Lipinski definition) is 3. The molecular weight excluding hydrogens is 289 g/mol. The number of amides is 1. The van der Waals surface area contributed by atoms with Gasteiger partial charge >= 0.3 is 6.09 Å². The number of rotatable bonds is 2. The molecule has 2 heterocycles. The zero-order valence-corrected chi connectivity index (χ0v) is 11.8. The topological polar surface area (TPSA) is 78.6 Å². The van der Waals surface area contributed by atoms with Crippen LogP contribution in [0.2, 0.25) is 0 Å². The minimum Gasteiger partial charge on any atom is -0.465 e. The first kappa shape index (κ1) is 14.5. The standard InChI is InChI=1S/C15H16FN3O3/c16-11-3-1-2-4-12(11)19-10-7-17-13(19)15(22)5-8-18(9-6-15)14(20)21/h1-4,7,10,22H,5-6,8-9H2,(H,20,21). The number of aromatic nitrogens is 2. The molecule has 0 spiro atoms. The van der Waals surface area contributed by atoms with Gasteiger partial charge in [-0.1, -0.05) is 12.1 Å². The smallest absolute Gasteiger partial charge is 0.407 e. The number of carbonyl (C=O) groups is 1. The molecule has 1 aliphatic rings. The summed E-state index contributed by atoms with van der Waals surface area (Å²) >= 11 is 0. The Labute approximate surface area is 126 Å². The SMILES string of the molecule is O=C(O)N1CCC(O)(c2nccn2-c2ccccc2F)CC1. The number of imidazole rings is 1. The van der Waals surface area contributed by atoms with Crippen LogP contribution in [0.3, 0.4) is 0 Å². The van der Waals surface area contributed by atoms with E-state index in [1.807, 2.05) is 0 Å². The maximum atomic E-state index is 14.0. The molecule has 6 nitrogen and oxygen atoms in total. The first-order valence-corrected chi connectivity index (χ1v) is 7.00. The lowest BCUT2D eigenvalue weighted by Gasteiger charge is -2.36. The summed E-state index contributed by atoms with van der Waals surface area (Å²) in [5, 5.41) is 19.8. The average molecular weight is 305 g/mol. The molecule has 1 amide bonds. The van der Waals surface area contributed by atoms with Gasteiger partial charge < -0.3 is 15.1 Å². The predicted octanol–water partition coefficient (Wildman–Crippen LogP) is 1.97. The van der Waals surface area contributed by atoms with Crippen LogP contribution in [0, 0.1) is 5.82 Å². The van der Waals surface area contributed by atoms with Crippen molar-refractivity contribution < 1.29 is 19.4 Å². The Morgan fingerprint density at radius 2 is 1.95 bits per heavy atom. The van der Waals surface area contributed by atoms with Crippen LogP contribution < -0.4 is 0 Å². The number of aliphatic hydroxyl groups is 1. The third-order valence-corrected chi connectivity index (χ3v) is 4.03. The molecule has 0 saturated carbocycles. The fourth-order valence-corrected chi connectivity index (χ4v) is 2.78.